The van der Waals surface area contributed by atoms with Crippen LogP contribution in [0.5, 0.6) is 5.75 Å². The minimum Gasteiger partial charge on any atom is -0.484 e. The van der Waals surface area contributed by atoms with Crippen molar-refractivity contribution < 1.29 is 19.2 Å². The average Bonchev–Trinajstić information content (AvgIpc) is 2.61. The van der Waals surface area contributed by atoms with Gasteiger partial charge in [-0.3, -0.25) is 19.7 Å². The molecule has 0 heterocycles. The number of ether oxygens (including phenoxy) is 1. The van der Waals surface area contributed by atoms with Crippen LogP contribution in [0.15, 0.2) is 48.5 Å². The number of nitrogens with zero attached hydrogens (tertiary/aromatic N) is 1. The van der Waals surface area contributed by atoms with Gasteiger partial charge >= 0.3 is 0 Å². The molecule has 0 aromatic heterocycles. The zero-order chi connectivity index (χ0) is 19.8. The normalized spacial score (nSPS) is 10.3. The predicted octanol–water partition coefficient (Wildman–Crippen LogP) is 3.60. The highest BCUT2D eigenvalue weighted by atomic mass is 16.6. The maximum absolute atomic E-state index is 11.9. The highest BCUT2D eigenvalue weighted by Crippen LogP contribution is 2.18. The smallest absolute Gasteiger partial charge is 0.269 e. The summed E-state index contributed by atoms with van der Waals surface area (Å²) in [5.41, 5.74) is 1.17. The monoisotopic (exact) mass is 371 g/mol. The number of benzene rings is 2. The summed E-state index contributed by atoms with van der Waals surface area (Å²) in [5.74, 6) is 0.210. The van der Waals surface area contributed by atoms with Crippen LogP contribution in [0.1, 0.15) is 20.3 Å². The molecule has 0 fully saturated rings. The third-order valence-electron chi connectivity index (χ3n) is 3.46. The summed E-state index contributed by atoms with van der Waals surface area (Å²) >= 11 is 0. The number of amides is 2. The molecule has 2 amide bonds. The second kappa shape index (κ2) is 9.33. The van der Waals surface area contributed by atoms with Gasteiger partial charge in [-0.15, -0.1) is 0 Å². The summed E-state index contributed by atoms with van der Waals surface area (Å²) in [7, 11) is 0. The van der Waals surface area contributed by atoms with E-state index in [4.69, 9.17) is 4.74 Å². The van der Waals surface area contributed by atoms with E-state index < -0.39 is 4.92 Å². The van der Waals surface area contributed by atoms with Crippen molar-refractivity contribution in [1.82, 2.24) is 0 Å². The van der Waals surface area contributed by atoms with Gasteiger partial charge in [0.1, 0.15) is 5.75 Å². The van der Waals surface area contributed by atoms with Gasteiger partial charge in [0.25, 0.3) is 11.6 Å². The highest BCUT2D eigenvalue weighted by molar-refractivity contribution is 5.93. The Kier molecular flexibility index (Phi) is 6.87. The number of hydrogen-bond acceptors (Lipinski definition) is 5. The van der Waals surface area contributed by atoms with Gasteiger partial charge < -0.3 is 15.4 Å². The largest absolute Gasteiger partial charge is 0.484 e. The first-order chi connectivity index (χ1) is 12.8. The molecule has 0 saturated heterocycles. The Balaban J connectivity index is 1.81. The van der Waals surface area contributed by atoms with Crippen LogP contribution >= 0.6 is 0 Å². The van der Waals surface area contributed by atoms with Crippen LogP contribution in [0.4, 0.5) is 17.1 Å². The van der Waals surface area contributed by atoms with E-state index in [1.54, 1.807) is 24.3 Å². The van der Waals surface area contributed by atoms with Crippen molar-refractivity contribution in [3.05, 3.63) is 58.6 Å². The summed E-state index contributed by atoms with van der Waals surface area (Å²) in [5, 5.41) is 16.0. The lowest BCUT2D eigenvalue weighted by molar-refractivity contribution is -0.384. The molecular weight excluding hydrogens is 350 g/mol. The van der Waals surface area contributed by atoms with Crippen LogP contribution in [-0.2, 0) is 9.59 Å². The molecule has 0 radical (unpaired) electrons. The van der Waals surface area contributed by atoms with E-state index in [-0.39, 0.29) is 30.0 Å². The lowest BCUT2D eigenvalue weighted by atomic mass is 10.1. The summed E-state index contributed by atoms with van der Waals surface area (Å²) in [6.45, 7) is 3.71. The molecule has 0 spiro atoms. The van der Waals surface area contributed by atoms with Gasteiger partial charge in [0.05, 0.1) is 4.92 Å². The first kappa shape index (κ1) is 19.9. The number of anilines is 2. The first-order valence-electron chi connectivity index (χ1n) is 8.40. The molecule has 0 aliphatic rings. The summed E-state index contributed by atoms with van der Waals surface area (Å²) in [6, 6.07) is 12.2. The summed E-state index contributed by atoms with van der Waals surface area (Å²) in [6.07, 6.45) is 0.443. The Hall–Kier alpha value is -3.42. The number of nitro benzene ring substituents is 1. The fourth-order valence-corrected chi connectivity index (χ4v) is 2.23. The molecule has 8 heteroatoms. The zero-order valence-electron chi connectivity index (χ0n) is 15.1. The van der Waals surface area contributed by atoms with Crippen molar-refractivity contribution in [3.63, 3.8) is 0 Å². The lowest BCUT2D eigenvalue weighted by Gasteiger charge is -2.09. The van der Waals surface area contributed by atoms with Crippen LogP contribution in [0.25, 0.3) is 0 Å². The van der Waals surface area contributed by atoms with E-state index in [0.717, 1.165) is 0 Å². The minimum absolute atomic E-state index is 0.0487. The Labute approximate surface area is 156 Å². The van der Waals surface area contributed by atoms with Crippen molar-refractivity contribution in [2.75, 3.05) is 17.2 Å². The molecule has 142 valence electrons. The fraction of sp³-hybridized carbons (Fsp3) is 0.263. The topological polar surface area (TPSA) is 111 Å². The Morgan fingerprint density at radius 1 is 0.963 bits per heavy atom. The zero-order valence-corrected chi connectivity index (χ0v) is 15.1. The minimum atomic E-state index is -0.509. The maximum atomic E-state index is 11.9. The van der Waals surface area contributed by atoms with Crippen LogP contribution in [0.3, 0.4) is 0 Å². The third-order valence-corrected chi connectivity index (χ3v) is 3.46. The quantitative estimate of drug-likeness (QED) is 0.544. The van der Waals surface area contributed by atoms with Crippen LogP contribution in [-0.4, -0.2) is 23.3 Å². The Morgan fingerprint density at radius 3 is 1.96 bits per heavy atom. The molecule has 8 nitrogen and oxygen atoms in total. The van der Waals surface area contributed by atoms with Gasteiger partial charge in [0.15, 0.2) is 6.61 Å². The van der Waals surface area contributed by atoms with E-state index in [9.17, 15) is 19.7 Å². The van der Waals surface area contributed by atoms with Crippen molar-refractivity contribution in [2.45, 2.75) is 20.3 Å². The molecule has 0 unspecified atom stereocenters. The van der Waals surface area contributed by atoms with E-state index >= 15 is 0 Å². The van der Waals surface area contributed by atoms with Gasteiger partial charge in [0.2, 0.25) is 5.91 Å². The molecule has 0 saturated carbocycles. The van der Waals surface area contributed by atoms with E-state index in [0.29, 0.717) is 23.5 Å². The SMILES string of the molecule is CC(C)CC(=O)Nc1ccc(NC(=O)COc2ccc([N+](=O)[O-])cc2)cc1. The van der Waals surface area contributed by atoms with Crippen molar-refractivity contribution in [1.29, 1.82) is 0 Å². The predicted molar refractivity (Wildman–Crippen MR) is 102 cm³/mol. The van der Waals surface area contributed by atoms with Crippen LogP contribution < -0.4 is 15.4 Å². The molecule has 0 bridgehead atoms. The standard InChI is InChI=1S/C19H21N3O5/c1-13(2)11-18(23)20-14-3-5-15(6-4-14)21-19(24)12-27-17-9-7-16(8-10-17)22(25)26/h3-10,13H,11-12H2,1-2H3,(H,20,23)(H,21,24). The lowest BCUT2D eigenvalue weighted by Crippen LogP contribution is -2.20. The van der Waals surface area contributed by atoms with Gasteiger partial charge in [-0.2, -0.15) is 0 Å². The van der Waals surface area contributed by atoms with Gasteiger partial charge in [-0.05, 0) is 42.3 Å². The van der Waals surface area contributed by atoms with E-state index in [2.05, 4.69) is 10.6 Å². The molecule has 2 aromatic rings. The molecule has 2 N–H and O–H groups in total. The highest BCUT2D eigenvalue weighted by Gasteiger charge is 2.08. The number of rotatable bonds is 8. The molecular formula is C19H21N3O5. The maximum Gasteiger partial charge on any atom is 0.269 e. The van der Waals surface area contributed by atoms with Crippen molar-refractivity contribution in [2.24, 2.45) is 5.92 Å². The molecule has 0 aliphatic heterocycles. The third kappa shape index (κ3) is 6.77. The molecule has 0 atom stereocenters. The van der Waals surface area contributed by atoms with E-state index in [1.165, 1.54) is 24.3 Å². The van der Waals surface area contributed by atoms with Gasteiger partial charge in [-0.1, -0.05) is 13.8 Å². The summed E-state index contributed by atoms with van der Waals surface area (Å²) in [4.78, 5) is 33.7. The fourth-order valence-electron chi connectivity index (χ4n) is 2.23. The summed E-state index contributed by atoms with van der Waals surface area (Å²) < 4.78 is 5.30. The van der Waals surface area contributed by atoms with Crippen LogP contribution in [0, 0.1) is 16.0 Å². The Bertz CT molecular complexity index is 801. The Morgan fingerprint density at radius 2 is 1.48 bits per heavy atom. The average molecular weight is 371 g/mol. The van der Waals surface area contributed by atoms with Gasteiger partial charge in [0, 0.05) is 29.9 Å². The number of non-ortho nitro benzene ring substituents is 1. The number of nitro groups is 1. The second-order valence-electron chi connectivity index (χ2n) is 6.31. The first-order valence-corrected chi connectivity index (χ1v) is 8.40. The number of hydrogen-bond donors (Lipinski definition) is 2. The number of carbonyl (C=O) groups is 2. The molecule has 0 aliphatic carbocycles. The van der Waals surface area contributed by atoms with Crippen molar-refractivity contribution >= 4 is 28.9 Å². The van der Waals surface area contributed by atoms with Crippen molar-refractivity contribution in [3.8, 4) is 5.75 Å². The number of nitrogens with one attached hydrogen (secondary N) is 2. The molecule has 2 aromatic carbocycles. The van der Waals surface area contributed by atoms with Crippen LogP contribution in [0.2, 0.25) is 0 Å². The van der Waals surface area contributed by atoms with Gasteiger partial charge in [-0.25, -0.2) is 0 Å². The number of carbonyl (C=O) groups excluding carboxylic acids is 2. The van der Waals surface area contributed by atoms with E-state index in [1.807, 2.05) is 13.8 Å². The second-order valence-corrected chi connectivity index (χ2v) is 6.31. The molecule has 2 rings (SSSR count). The molecule has 27 heavy (non-hydrogen) atoms.